The van der Waals surface area contributed by atoms with Crippen LogP contribution in [0.2, 0.25) is 0 Å². The van der Waals surface area contributed by atoms with Crippen LogP contribution in [0.4, 0.5) is 10.5 Å². The van der Waals surface area contributed by atoms with E-state index < -0.39 is 5.97 Å². The number of benzene rings is 1. The molecule has 3 rings (SSSR count). The lowest BCUT2D eigenvalue weighted by molar-refractivity contribution is 0.0698. The van der Waals surface area contributed by atoms with E-state index in [2.05, 4.69) is 33.2 Å². The van der Waals surface area contributed by atoms with Gasteiger partial charge in [0.25, 0.3) is 0 Å². The van der Waals surface area contributed by atoms with Crippen LogP contribution in [0.25, 0.3) is 0 Å². The Morgan fingerprint density at radius 3 is 2.67 bits per heavy atom. The Morgan fingerprint density at radius 2 is 2.05 bits per heavy atom. The van der Waals surface area contributed by atoms with E-state index in [1.165, 1.54) is 19.3 Å². The van der Waals surface area contributed by atoms with E-state index in [-0.39, 0.29) is 17.6 Å². The topological polar surface area (TPSA) is 78.4 Å². The average Bonchev–Trinajstić information content (AvgIpc) is 3.02. The predicted molar refractivity (Wildman–Crippen MR) is 87.5 cm³/mol. The Labute approximate surface area is 136 Å². The number of nitrogens with one attached hydrogen (secondary N) is 2. The molecule has 3 unspecified atom stereocenters. The Hall–Kier alpha value is -1.31. The highest BCUT2D eigenvalue weighted by atomic mass is 127. The molecular formula is C15H17IN2O3. The highest BCUT2D eigenvalue weighted by molar-refractivity contribution is 14.1. The molecule has 2 bridgehead atoms. The van der Waals surface area contributed by atoms with E-state index in [0.29, 0.717) is 11.6 Å². The third-order valence-corrected chi connectivity index (χ3v) is 5.19. The molecule has 21 heavy (non-hydrogen) atoms. The number of anilines is 1. The van der Waals surface area contributed by atoms with Crippen LogP contribution in [0.1, 0.15) is 36.0 Å². The van der Waals surface area contributed by atoms with Gasteiger partial charge in [-0.3, -0.25) is 0 Å². The van der Waals surface area contributed by atoms with Crippen molar-refractivity contribution < 1.29 is 14.7 Å². The van der Waals surface area contributed by atoms with Crippen LogP contribution in [-0.2, 0) is 0 Å². The number of aromatic carboxylic acids is 1. The lowest BCUT2D eigenvalue weighted by Gasteiger charge is -2.23. The normalized spacial score (nSPS) is 26.6. The average molecular weight is 400 g/mol. The number of carboxylic acids is 1. The van der Waals surface area contributed by atoms with E-state index in [4.69, 9.17) is 0 Å². The minimum atomic E-state index is -1.04. The molecule has 0 spiro atoms. The third-order valence-electron chi connectivity index (χ3n) is 4.51. The number of halogens is 1. The molecule has 0 saturated heterocycles. The van der Waals surface area contributed by atoms with Crippen LogP contribution in [-0.4, -0.2) is 23.1 Å². The quantitative estimate of drug-likeness (QED) is 0.682. The fraction of sp³-hybridized carbons (Fsp3) is 0.467. The maximum absolute atomic E-state index is 12.1. The van der Waals surface area contributed by atoms with E-state index in [9.17, 15) is 14.7 Å². The minimum Gasteiger partial charge on any atom is -0.478 e. The summed E-state index contributed by atoms with van der Waals surface area (Å²) < 4.78 is 0.823. The molecule has 5 nitrogen and oxygen atoms in total. The SMILES string of the molecule is O=C(Nc1ccc(I)cc1C(=O)O)NC1CC2CCC1C2. The summed E-state index contributed by atoms with van der Waals surface area (Å²) in [6.07, 6.45) is 4.75. The summed E-state index contributed by atoms with van der Waals surface area (Å²) in [5.74, 6) is 0.313. The lowest BCUT2D eigenvalue weighted by Crippen LogP contribution is -2.41. The number of carbonyl (C=O) groups excluding carboxylic acids is 1. The zero-order valence-corrected chi connectivity index (χ0v) is 13.6. The number of amides is 2. The molecule has 2 amide bonds. The molecule has 0 aromatic heterocycles. The smallest absolute Gasteiger partial charge is 0.337 e. The Morgan fingerprint density at radius 1 is 1.24 bits per heavy atom. The van der Waals surface area contributed by atoms with Gasteiger partial charge in [0.05, 0.1) is 11.3 Å². The summed E-state index contributed by atoms with van der Waals surface area (Å²) >= 11 is 2.05. The standard InChI is InChI=1S/C15H17IN2O3/c16-10-3-4-12(11(7-10)14(19)20)17-15(21)18-13-6-8-1-2-9(13)5-8/h3-4,7-9,13H,1-2,5-6H2,(H,19,20)(H2,17,18,21). The van der Waals surface area contributed by atoms with Gasteiger partial charge < -0.3 is 15.7 Å². The lowest BCUT2D eigenvalue weighted by atomic mass is 9.95. The van der Waals surface area contributed by atoms with Gasteiger partial charge in [-0.2, -0.15) is 0 Å². The Bertz CT molecular complexity index is 590. The van der Waals surface area contributed by atoms with Crippen LogP contribution in [0, 0.1) is 15.4 Å². The molecule has 0 heterocycles. The van der Waals surface area contributed by atoms with Gasteiger partial charge in [-0.25, -0.2) is 9.59 Å². The molecule has 2 fully saturated rings. The molecule has 2 aliphatic rings. The maximum atomic E-state index is 12.1. The second-order valence-electron chi connectivity index (χ2n) is 5.87. The van der Waals surface area contributed by atoms with Crippen LogP contribution in [0.3, 0.4) is 0 Å². The van der Waals surface area contributed by atoms with Crippen molar-refractivity contribution in [3.8, 4) is 0 Å². The van der Waals surface area contributed by atoms with Crippen LogP contribution < -0.4 is 10.6 Å². The summed E-state index contributed by atoms with van der Waals surface area (Å²) in [4.78, 5) is 23.3. The first kappa shape index (κ1) is 14.6. The van der Waals surface area contributed by atoms with Gasteiger partial charge in [0.2, 0.25) is 0 Å². The molecule has 1 aromatic carbocycles. The monoisotopic (exact) mass is 400 g/mol. The summed E-state index contributed by atoms with van der Waals surface area (Å²) in [6, 6.07) is 4.89. The van der Waals surface area contributed by atoms with Gasteiger partial charge in [-0.15, -0.1) is 0 Å². The molecule has 2 saturated carbocycles. The van der Waals surface area contributed by atoms with Gasteiger partial charge in [-0.05, 0) is 71.9 Å². The van der Waals surface area contributed by atoms with Crippen molar-refractivity contribution in [3.05, 3.63) is 27.3 Å². The number of hydrogen-bond acceptors (Lipinski definition) is 2. The third kappa shape index (κ3) is 3.14. The molecule has 2 aliphatic carbocycles. The fourth-order valence-corrected chi connectivity index (χ4v) is 4.04. The van der Waals surface area contributed by atoms with E-state index in [0.717, 1.165) is 15.9 Å². The van der Waals surface area contributed by atoms with Crippen molar-refractivity contribution in [1.82, 2.24) is 5.32 Å². The Balaban J connectivity index is 1.66. The molecule has 1 aromatic rings. The summed E-state index contributed by atoms with van der Waals surface area (Å²) in [7, 11) is 0. The second-order valence-corrected chi connectivity index (χ2v) is 7.12. The first-order valence-electron chi connectivity index (χ1n) is 7.13. The molecule has 112 valence electrons. The predicted octanol–water partition coefficient (Wildman–Crippen LogP) is 3.30. The second kappa shape index (κ2) is 5.82. The minimum absolute atomic E-state index is 0.116. The van der Waals surface area contributed by atoms with Gasteiger partial charge >= 0.3 is 12.0 Å². The van der Waals surface area contributed by atoms with Crippen LogP contribution in [0.15, 0.2) is 18.2 Å². The van der Waals surface area contributed by atoms with Gasteiger partial charge in [0, 0.05) is 9.61 Å². The molecule has 3 atom stereocenters. The summed E-state index contributed by atoms with van der Waals surface area (Å²) in [5.41, 5.74) is 0.452. The van der Waals surface area contributed by atoms with Crippen molar-refractivity contribution in [2.24, 2.45) is 11.8 Å². The van der Waals surface area contributed by atoms with E-state index in [1.54, 1.807) is 18.2 Å². The molecule has 3 N–H and O–H groups in total. The first-order chi connectivity index (χ1) is 10.0. The van der Waals surface area contributed by atoms with Crippen molar-refractivity contribution in [3.63, 3.8) is 0 Å². The highest BCUT2D eigenvalue weighted by Crippen LogP contribution is 2.44. The highest BCUT2D eigenvalue weighted by Gasteiger charge is 2.40. The number of carboxylic acid groups (broad SMARTS) is 1. The summed E-state index contributed by atoms with van der Waals surface area (Å²) in [6.45, 7) is 0. The summed E-state index contributed by atoms with van der Waals surface area (Å²) in [5, 5.41) is 14.9. The number of carbonyl (C=O) groups is 2. The van der Waals surface area contributed by atoms with Gasteiger partial charge in [-0.1, -0.05) is 6.42 Å². The van der Waals surface area contributed by atoms with Gasteiger partial charge in [0.1, 0.15) is 0 Å². The largest absolute Gasteiger partial charge is 0.478 e. The van der Waals surface area contributed by atoms with E-state index >= 15 is 0 Å². The van der Waals surface area contributed by atoms with Crippen LogP contribution in [0.5, 0.6) is 0 Å². The Kier molecular flexibility index (Phi) is 4.05. The fourth-order valence-electron chi connectivity index (χ4n) is 3.55. The van der Waals surface area contributed by atoms with Crippen molar-refractivity contribution >= 4 is 40.3 Å². The molecule has 6 heteroatoms. The first-order valence-corrected chi connectivity index (χ1v) is 8.21. The zero-order valence-electron chi connectivity index (χ0n) is 11.4. The zero-order chi connectivity index (χ0) is 15.0. The van der Waals surface area contributed by atoms with Gasteiger partial charge in [0.15, 0.2) is 0 Å². The number of fused-ring (bicyclic) bond motifs is 2. The number of urea groups is 1. The maximum Gasteiger partial charge on any atom is 0.337 e. The molecular weight excluding hydrogens is 383 g/mol. The van der Waals surface area contributed by atoms with Crippen LogP contribution >= 0.6 is 22.6 Å². The van der Waals surface area contributed by atoms with Crippen molar-refractivity contribution in [1.29, 1.82) is 0 Å². The van der Waals surface area contributed by atoms with Crippen molar-refractivity contribution in [2.45, 2.75) is 31.7 Å². The molecule has 0 aliphatic heterocycles. The van der Waals surface area contributed by atoms with Crippen molar-refractivity contribution in [2.75, 3.05) is 5.32 Å². The number of rotatable bonds is 3. The van der Waals surface area contributed by atoms with E-state index in [1.807, 2.05) is 0 Å². The molecule has 0 radical (unpaired) electrons. The number of hydrogen-bond donors (Lipinski definition) is 3.